The molecule has 1 heterocycles. The molecule has 0 aliphatic heterocycles. The topological polar surface area (TPSA) is 98.2 Å². The summed E-state index contributed by atoms with van der Waals surface area (Å²) >= 11 is 0. The Balaban J connectivity index is 0.00000324. The molecule has 19 heavy (non-hydrogen) atoms. The molecule has 6 nitrogen and oxygen atoms in total. The molecule has 0 aliphatic carbocycles. The average molecular weight is 312 g/mol. The van der Waals surface area contributed by atoms with E-state index in [4.69, 9.17) is 10.3 Å². The Morgan fingerprint density at radius 1 is 1.42 bits per heavy atom. The number of aromatic nitrogens is 1. The van der Waals surface area contributed by atoms with Crippen molar-refractivity contribution in [2.24, 2.45) is 5.73 Å². The van der Waals surface area contributed by atoms with Crippen LogP contribution in [-0.4, -0.2) is 26.2 Å². The van der Waals surface area contributed by atoms with Crippen LogP contribution in [0.1, 0.15) is 37.6 Å². The lowest BCUT2D eigenvalue weighted by molar-refractivity contribution is 0.390. The summed E-state index contributed by atoms with van der Waals surface area (Å²) < 4.78 is 31.9. The minimum absolute atomic E-state index is 0. The van der Waals surface area contributed by atoms with Gasteiger partial charge in [0, 0.05) is 12.6 Å². The van der Waals surface area contributed by atoms with Gasteiger partial charge in [-0.05, 0) is 20.3 Å². The summed E-state index contributed by atoms with van der Waals surface area (Å²) in [7, 11) is -3.61. The number of rotatable bonds is 7. The van der Waals surface area contributed by atoms with Crippen molar-refractivity contribution in [3.63, 3.8) is 0 Å². The lowest BCUT2D eigenvalue weighted by Crippen LogP contribution is -2.40. The van der Waals surface area contributed by atoms with Gasteiger partial charge >= 0.3 is 0 Å². The minimum atomic E-state index is -3.61. The van der Waals surface area contributed by atoms with E-state index in [1.165, 1.54) is 0 Å². The standard InChI is InChI=1S/C11H21N3O3S.ClH/c1-4-5-6-10(7-12)14-18(15,16)11-8(2)13-17-9(11)3;/h10,14H,4-7,12H2,1-3H3;1H. The van der Waals surface area contributed by atoms with Crippen molar-refractivity contribution in [2.75, 3.05) is 6.54 Å². The van der Waals surface area contributed by atoms with Crippen LogP contribution in [0.25, 0.3) is 0 Å². The summed E-state index contributed by atoms with van der Waals surface area (Å²) in [6.07, 6.45) is 2.67. The summed E-state index contributed by atoms with van der Waals surface area (Å²) in [5.74, 6) is 0.297. The van der Waals surface area contributed by atoms with Gasteiger partial charge in [-0.2, -0.15) is 0 Å². The SMILES string of the molecule is CCCCC(CN)NS(=O)(=O)c1c(C)noc1C.Cl. The third-order valence-corrected chi connectivity index (χ3v) is 4.51. The van der Waals surface area contributed by atoms with Crippen LogP contribution in [0.15, 0.2) is 9.42 Å². The van der Waals surface area contributed by atoms with Gasteiger partial charge in [0.25, 0.3) is 0 Å². The first-order chi connectivity index (χ1) is 8.42. The number of unbranched alkanes of at least 4 members (excludes halogenated alkanes) is 1. The van der Waals surface area contributed by atoms with Crippen molar-refractivity contribution in [3.05, 3.63) is 11.5 Å². The quantitative estimate of drug-likeness (QED) is 0.795. The lowest BCUT2D eigenvalue weighted by atomic mass is 10.1. The first-order valence-corrected chi connectivity index (χ1v) is 7.56. The van der Waals surface area contributed by atoms with Crippen LogP contribution in [-0.2, 0) is 10.0 Å². The number of nitrogens with two attached hydrogens (primary N) is 1. The van der Waals surface area contributed by atoms with Crippen molar-refractivity contribution in [1.82, 2.24) is 9.88 Å². The molecule has 0 saturated carbocycles. The molecule has 1 unspecified atom stereocenters. The lowest BCUT2D eigenvalue weighted by Gasteiger charge is -2.16. The minimum Gasteiger partial charge on any atom is -0.360 e. The van der Waals surface area contributed by atoms with E-state index in [0.29, 0.717) is 11.5 Å². The van der Waals surface area contributed by atoms with Crippen LogP contribution in [0.5, 0.6) is 0 Å². The number of nitrogens with zero attached hydrogens (tertiary/aromatic N) is 1. The maximum absolute atomic E-state index is 12.2. The second-order valence-electron chi connectivity index (χ2n) is 4.35. The van der Waals surface area contributed by atoms with Crippen molar-refractivity contribution < 1.29 is 12.9 Å². The number of nitrogens with one attached hydrogen (secondary N) is 1. The van der Waals surface area contributed by atoms with Crippen LogP contribution in [0.3, 0.4) is 0 Å². The van der Waals surface area contributed by atoms with Crippen LogP contribution in [0, 0.1) is 13.8 Å². The average Bonchev–Trinajstić information content (AvgIpc) is 2.64. The predicted octanol–water partition coefficient (Wildman–Crippen LogP) is 1.51. The largest absolute Gasteiger partial charge is 0.360 e. The maximum atomic E-state index is 12.2. The molecule has 0 aliphatic rings. The van der Waals surface area contributed by atoms with E-state index in [9.17, 15) is 8.42 Å². The molecule has 1 rings (SSSR count). The summed E-state index contributed by atoms with van der Waals surface area (Å²) in [6, 6.07) is -0.247. The van der Waals surface area contributed by atoms with Gasteiger partial charge in [0.2, 0.25) is 10.0 Å². The molecule has 1 aromatic heterocycles. The van der Waals surface area contributed by atoms with E-state index < -0.39 is 10.0 Å². The molecular weight excluding hydrogens is 290 g/mol. The summed E-state index contributed by atoms with van der Waals surface area (Å²) in [6.45, 7) is 5.52. The van der Waals surface area contributed by atoms with Crippen LogP contribution < -0.4 is 10.5 Å². The molecule has 0 radical (unpaired) electrons. The first-order valence-electron chi connectivity index (χ1n) is 6.07. The molecule has 1 aromatic rings. The molecular formula is C11H22ClN3O3S. The maximum Gasteiger partial charge on any atom is 0.246 e. The fourth-order valence-electron chi connectivity index (χ4n) is 1.81. The first kappa shape index (κ1) is 18.4. The Hall–Kier alpha value is -0.630. The molecule has 1 atom stereocenters. The molecule has 0 amide bonds. The zero-order chi connectivity index (χ0) is 13.8. The van der Waals surface area contributed by atoms with E-state index in [1.54, 1.807) is 13.8 Å². The van der Waals surface area contributed by atoms with Gasteiger partial charge in [0.1, 0.15) is 10.6 Å². The second kappa shape index (κ2) is 7.84. The Morgan fingerprint density at radius 2 is 2.05 bits per heavy atom. The summed E-state index contributed by atoms with van der Waals surface area (Å²) in [5.41, 5.74) is 5.95. The van der Waals surface area contributed by atoms with Crippen molar-refractivity contribution >= 4 is 22.4 Å². The zero-order valence-corrected chi connectivity index (χ0v) is 13.1. The number of halogens is 1. The van der Waals surface area contributed by atoms with Gasteiger partial charge in [0.05, 0.1) is 0 Å². The number of aryl methyl sites for hydroxylation is 2. The normalized spacial score (nSPS) is 13.1. The smallest absolute Gasteiger partial charge is 0.246 e. The zero-order valence-electron chi connectivity index (χ0n) is 11.5. The van der Waals surface area contributed by atoms with Crippen LogP contribution in [0.2, 0.25) is 0 Å². The highest BCUT2D eigenvalue weighted by atomic mass is 35.5. The molecule has 3 N–H and O–H groups in total. The third-order valence-electron chi connectivity index (χ3n) is 2.75. The van der Waals surface area contributed by atoms with E-state index in [1.807, 2.05) is 0 Å². The number of hydrogen-bond donors (Lipinski definition) is 2. The van der Waals surface area contributed by atoms with Crippen LogP contribution in [0.4, 0.5) is 0 Å². The van der Waals surface area contributed by atoms with Crippen molar-refractivity contribution in [3.8, 4) is 0 Å². The predicted molar refractivity (Wildman–Crippen MR) is 75.9 cm³/mol. The molecule has 8 heteroatoms. The molecule has 0 fully saturated rings. The Bertz CT molecular complexity index is 468. The third kappa shape index (κ3) is 4.76. The van der Waals surface area contributed by atoms with E-state index in [0.717, 1.165) is 19.3 Å². The highest BCUT2D eigenvalue weighted by molar-refractivity contribution is 7.89. The van der Waals surface area contributed by atoms with Crippen molar-refractivity contribution in [2.45, 2.75) is 51.0 Å². The summed E-state index contributed by atoms with van der Waals surface area (Å²) in [5, 5.41) is 3.65. The summed E-state index contributed by atoms with van der Waals surface area (Å²) in [4.78, 5) is 0.123. The molecule has 0 saturated heterocycles. The highest BCUT2D eigenvalue weighted by Crippen LogP contribution is 2.19. The van der Waals surface area contributed by atoms with Gasteiger partial charge in [0.15, 0.2) is 5.76 Å². The monoisotopic (exact) mass is 311 g/mol. The van der Waals surface area contributed by atoms with Gasteiger partial charge in [-0.1, -0.05) is 24.9 Å². The number of hydrogen-bond acceptors (Lipinski definition) is 5. The van der Waals surface area contributed by atoms with Gasteiger partial charge in [-0.3, -0.25) is 0 Å². The second-order valence-corrected chi connectivity index (χ2v) is 6.00. The fourth-order valence-corrected chi connectivity index (χ4v) is 3.42. The highest BCUT2D eigenvalue weighted by Gasteiger charge is 2.26. The Kier molecular flexibility index (Phi) is 7.58. The van der Waals surface area contributed by atoms with Gasteiger partial charge in [-0.25, -0.2) is 13.1 Å². The molecule has 0 aromatic carbocycles. The van der Waals surface area contributed by atoms with Gasteiger partial charge < -0.3 is 10.3 Å². The van der Waals surface area contributed by atoms with Crippen LogP contribution >= 0.6 is 12.4 Å². The van der Waals surface area contributed by atoms with Gasteiger partial charge in [-0.15, -0.1) is 12.4 Å². The van der Waals surface area contributed by atoms with Crippen molar-refractivity contribution in [1.29, 1.82) is 0 Å². The van der Waals surface area contributed by atoms with E-state index in [-0.39, 0.29) is 29.9 Å². The molecule has 0 bridgehead atoms. The van der Waals surface area contributed by atoms with E-state index >= 15 is 0 Å². The molecule has 112 valence electrons. The number of sulfonamides is 1. The Labute approximate surface area is 120 Å². The fraction of sp³-hybridized carbons (Fsp3) is 0.727. The Morgan fingerprint density at radius 3 is 2.47 bits per heavy atom. The van der Waals surface area contributed by atoms with E-state index in [2.05, 4.69) is 16.8 Å². The molecule has 0 spiro atoms.